The van der Waals surface area contributed by atoms with Crippen LogP contribution in [-0.4, -0.2) is 52.6 Å². The largest absolute Gasteiger partial charge is 0.495 e. The quantitative estimate of drug-likeness (QED) is 0.639. The van der Waals surface area contributed by atoms with Crippen LogP contribution in [0.3, 0.4) is 0 Å². The van der Waals surface area contributed by atoms with Gasteiger partial charge in [-0.25, -0.2) is 13.1 Å². The van der Waals surface area contributed by atoms with Crippen molar-refractivity contribution >= 4 is 15.9 Å². The summed E-state index contributed by atoms with van der Waals surface area (Å²) in [6, 6.07) is 13.7. The lowest BCUT2D eigenvalue weighted by atomic mass is 10.1. The minimum atomic E-state index is -3.83. The maximum absolute atomic E-state index is 13.2. The Bertz CT molecular complexity index is 914. The highest BCUT2D eigenvalue weighted by molar-refractivity contribution is 7.89. The average Bonchev–Trinajstić information content (AvgIpc) is 2.70. The molecule has 0 saturated heterocycles. The summed E-state index contributed by atoms with van der Waals surface area (Å²) in [7, 11) is -0.866. The third kappa shape index (κ3) is 6.28. The predicted molar refractivity (Wildman–Crippen MR) is 112 cm³/mol. The topological polar surface area (TPSA) is 84.9 Å². The van der Waals surface area contributed by atoms with Gasteiger partial charge in [-0.2, -0.15) is 0 Å². The second-order valence-electron chi connectivity index (χ2n) is 6.85. The molecule has 29 heavy (non-hydrogen) atoms. The van der Waals surface area contributed by atoms with Crippen LogP contribution >= 0.6 is 0 Å². The number of carbonyl (C=O) groups is 1. The third-order valence-electron chi connectivity index (χ3n) is 4.16. The van der Waals surface area contributed by atoms with E-state index in [1.807, 2.05) is 30.3 Å². The summed E-state index contributed by atoms with van der Waals surface area (Å²) in [5, 5.41) is 0. The molecule has 0 saturated carbocycles. The van der Waals surface area contributed by atoms with Gasteiger partial charge in [0, 0.05) is 31.8 Å². The second kappa shape index (κ2) is 10.4. The number of amides is 1. The van der Waals surface area contributed by atoms with Crippen molar-refractivity contribution in [3.8, 4) is 5.75 Å². The summed E-state index contributed by atoms with van der Waals surface area (Å²) >= 11 is 0. The molecule has 0 radical (unpaired) electrons. The first kappa shape index (κ1) is 22.9. The maximum atomic E-state index is 13.2. The zero-order chi connectivity index (χ0) is 21.4. The number of ether oxygens (including phenoxy) is 2. The lowest BCUT2D eigenvalue weighted by Crippen LogP contribution is -2.34. The van der Waals surface area contributed by atoms with E-state index in [4.69, 9.17) is 9.47 Å². The lowest BCUT2D eigenvalue weighted by molar-refractivity contribution is 0.0680. The number of nitrogens with zero attached hydrogens (tertiary/aromatic N) is 1. The Morgan fingerprint density at radius 1 is 1.10 bits per heavy atom. The number of carbonyl (C=O) groups excluding carboxylic acids is 1. The Labute approximate surface area is 172 Å². The van der Waals surface area contributed by atoms with Gasteiger partial charge >= 0.3 is 0 Å². The summed E-state index contributed by atoms with van der Waals surface area (Å²) in [6.45, 7) is 4.59. The number of sulfonamides is 1. The van der Waals surface area contributed by atoms with E-state index in [9.17, 15) is 13.2 Å². The van der Waals surface area contributed by atoms with Gasteiger partial charge in [-0.3, -0.25) is 4.79 Å². The van der Waals surface area contributed by atoms with Crippen molar-refractivity contribution in [3.63, 3.8) is 0 Å². The number of hydrogen-bond donors (Lipinski definition) is 1. The summed E-state index contributed by atoms with van der Waals surface area (Å²) in [6.07, 6.45) is 0. The van der Waals surface area contributed by atoms with Crippen molar-refractivity contribution in [2.75, 3.05) is 27.4 Å². The number of methoxy groups -OCH3 is 2. The van der Waals surface area contributed by atoms with Gasteiger partial charge < -0.3 is 14.4 Å². The normalized spacial score (nSPS) is 11.5. The molecule has 2 rings (SSSR count). The minimum absolute atomic E-state index is 0.0639. The van der Waals surface area contributed by atoms with Crippen LogP contribution in [0.2, 0.25) is 0 Å². The van der Waals surface area contributed by atoms with Gasteiger partial charge in [0.15, 0.2) is 0 Å². The van der Waals surface area contributed by atoms with E-state index < -0.39 is 10.0 Å². The molecule has 0 aliphatic rings. The average molecular weight is 421 g/mol. The second-order valence-corrected chi connectivity index (χ2v) is 8.53. The van der Waals surface area contributed by atoms with Gasteiger partial charge in [0.05, 0.1) is 13.7 Å². The number of nitrogens with one attached hydrogen (secondary N) is 1. The Balaban J connectivity index is 2.39. The molecule has 2 aromatic rings. The van der Waals surface area contributed by atoms with Crippen LogP contribution < -0.4 is 9.46 Å². The molecule has 0 aromatic heterocycles. The van der Waals surface area contributed by atoms with Crippen molar-refractivity contribution in [1.29, 1.82) is 0 Å². The van der Waals surface area contributed by atoms with Crippen LogP contribution in [0.5, 0.6) is 5.75 Å². The first-order chi connectivity index (χ1) is 13.8. The highest BCUT2D eigenvalue weighted by atomic mass is 32.2. The van der Waals surface area contributed by atoms with E-state index in [2.05, 4.69) is 4.72 Å². The Morgan fingerprint density at radius 2 is 1.79 bits per heavy atom. The van der Waals surface area contributed by atoms with Crippen molar-refractivity contribution in [2.24, 2.45) is 0 Å². The monoisotopic (exact) mass is 420 g/mol. The van der Waals surface area contributed by atoms with Gasteiger partial charge in [0.25, 0.3) is 5.91 Å². The molecule has 2 aromatic carbocycles. The molecule has 0 aliphatic carbocycles. The summed E-state index contributed by atoms with van der Waals surface area (Å²) in [4.78, 5) is 14.7. The summed E-state index contributed by atoms with van der Waals surface area (Å²) in [5.74, 6) is -0.101. The van der Waals surface area contributed by atoms with Crippen molar-refractivity contribution in [1.82, 2.24) is 9.62 Å². The van der Waals surface area contributed by atoms with E-state index in [-0.39, 0.29) is 28.2 Å². The van der Waals surface area contributed by atoms with Gasteiger partial charge in [0.2, 0.25) is 10.0 Å². The molecule has 0 unspecified atom stereocenters. The molecule has 0 fully saturated rings. The number of rotatable bonds is 10. The van der Waals surface area contributed by atoms with Crippen LogP contribution in [0.1, 0.15) is 29.8 Å². The zero-order valence-corrected chi connectivity index (χ0v) is 18.0. The first-order valence-electron chi connectivity index (χ1n) is 9.31. The lowest BCUT2D eigenvalue weighted by Gasteiger charge is -2.23. The molecule has 0 bridgehead atoms. The molecular formula is C21H28N2O5S. The highest BCUT2D eigenvalue weighted by Gasteiger charge is 2.24. The minimum Gasteiger partial charge on any atom is -0.495 e. The van der Waals surface area contributed by atoms with Gasteiger partial charge in [-0.15, -0.1) is 0 Å². The molecule has 8 heteroatoms. The van der Waals surface area contributed by atoms with Crippen molar-refractivity contribution in [3.05, 3.63) is 59.7 Å². The molecular weight excluding hydrogens is 392 g/mol. The van der Waals surface area contributed by atoms with Crippen LogP contribution in [0.25, 0.3) is 0 Å². The first-order valence-corrected chi connectivity index (χ1v) is 10.8. The molecule has 0 aliphatic heterocycles. The Kier molecular flexibility index (Phi) is 8.19. The fourth-order valence-corrected chi connectivity index (χ4v) is 4.28. The SMILES string of the molecule is COCCN(Cc1ccccc1)C(=O)c1ccc(OC)c(S(=O)(=O)NC(C)C)c1. The van der Waals surface area contributed by atoms with Crippen LogP contribution in [-0.2, 0) is 21.3 Å². The smallest absolute Gasteiger partial charge is 0.254 e. The van der Waals surface area contributed by atoms with Crippen molar-refractivity contribution < 1.29 is 22.7 Å². The van der Waals surface area contributed by atoms with E-state index in [1.54, 1.807) is 31.9 Å². The van der Waals surface area contributed by atoms with E-state index in [0.29, 0.717) is 19.7 Å². The molecule has 0 atom stereocenters. The third-order valence-corrected chi connectivity index (χ3v) is 5.84. The standard InChI is InChI=1S/C21H28N2O5S/c1-16(2)22-29(25,26)20-14-18(10-11-19(20)28-4)21(24)23(12-13-27-3)15-17-8-6-5-7-9-17/h5-11,14,16,22H,12-13,15H2,1-4H3. The van der Waals surface area contributed by atoms with Crippen LogP contribution in [0.4, 0.5) is 0 Å². The predicted octanol–water partition coefficient (Wildman–Crippen LogP) is 2.67. The van der Waals surface area contributed by atoms with E-state index in [1.165, 1.54) is 19.2 Å². The molecule has 0 heterocycles. The van der Waals surface area contributed by atoms with Crippen LogP contribution in [0.15, 0.2) is 53.4 Å². The molecule has 1 amide bonds. The van der Waals surface area contributed by atoms with Gasteiger partial charge in [-0.1, -0.05) is 30.3 Å². The summed E-state index contributed by atoms with van der Waals surface area (Å²) < 4.78 is 38.3. The molecule has 158 valence electrons. The van der Waals surface area contributed by atoms with Crippen molar-refractivity contribution in [2.45, 2.75) is 31.3 Å². The highest BCUT2D eigenvalue weighted by Crippen LogP contribution is 2.26. The fraction of sp³-hybridized carbons (Fsp3) is 0.381. The maximum Gasteiger partial charge on any atom is 0.254 e. The van der Waals surface area contributed by atoms with E-state index >= 15 is 0 Å². The zero-order valence-electron chi connectivity index (χ0n) is 17.2. The van der Waals surface area contributed by atoms with Gasteiger partial charge in [0.1, 0.15) is 10.6 Å². The van der Waals surface area contributed by atoms with E-state index in [0.717, 1.165) is 5.56 Å². The van der Waals surface area contributed by atoms with Crippen LogP contribution in [0, 0.1) is 0 Å². The number of hydrogen-bond acceptors (Lipinski definition) is 5. The molecule has 0 spiro atoms. The molecule has 1 N–H and O–H groups in total. The number of benzene rings is 2. The van der Waals surface area contributed by atoms with Gasteiger partial charge in [-0.05, 0) is 37.6 Å². The fourth-order valence-electron chi connectivity index (χ4n) is 2.83. The Hall–Kier alpha value is -2.42. The Morgan fingerprint density at radius 3 is 2.38 bits per heavy atom. The summed E-state index contributed by atoms with van der Waals surface area (Å²) in [5.41, 5.74) is 1.24. The molecule has 7 nitrogen and oxygen atoms in total.